The van der Waals surface area contributed by atoms with Gasteiger partial charge in [-0.3, -0.25) is 14.4 Å². The van der Waals surface area contributed by atoms with E-state index in [2.05, 4.69) is 10.6 Å². The van der Waals surface area contributed by atoms with Gasteiger partial charge in [-0.05, 0) is 18.6 Å². The normalized spacial score (nSPS) is 18.6. The largest absolute Gasteiger partial charge is 0.486 e. The van der Waals surface area contributed by atoms with Crippen LogP contribution in [0.4, 0.5) is 5.69 Å². The second kappa shape index (κ2) is 8.07. The van der Waals surface area contributed by atoms with Gasteiger partial charge >= 0.3 is 0 Å². The van der Waals surface area contributed by atoms with E-state index in [4.69, 9.17) is 9.47 Å². The van der Waals surface area contributed by atoms with E-state index in [1.807, 2.05) is 6.92 Å². The molecule has 8 nitrogen and oxygen atoms in total. The zero-order chi connectivity index (χ0) is 18.5. The Labute approximate surface area is 151 Å². The minimum Gasteiger partial charge on any atom is -0.486 e. The fraction of sp³-hybridized carbons (Fsp3) is 0.500. The fourth-order valence-electron chi connectivity index (χ4n) is 2.97. The summed E-state index contributed by atoms with van der Waals surface area (Å²) in [5.74, 6) is 0.131. The Balaban J connectivity index is 1.58. The van der Waals surface area contributed by atoms with E-state index in [1.165, 1.54) is 0 Å². The molecule has 1 atom stereocenters. The lowest BCUT2D eigenvalue weighted by molar-refractivity contribution is -0.128. The Bertz CT molecular complexity index is 706. The number of ether oxygens (including phenoxy) is 2. The molecule has 0 saturated carbocycles. The number of hydrogen-bond acceptors (Lipinski definition) is 5. The maximum absolute atomic E-state index is 12.3. The Kier molecular flexibility index (Phi) is 5.60. The molecular formula is C18H23N3O5. The van der Waals surface area contributed by atoms with Crippen LogP contribution in [0.5, 0.6) is 11.5 Å². The first-order valence-electron chi connectivity index (χ1n) is 8.83. The van der Waals surface area contributed by atoms with Crippen LogP contribution in [0.25, 0.3) is 0 Å². The summed E-state index contributed by atoms with van der Waals surface area (Å²) in [6.45, 7) is 3.71. The third-order valence-corrected chi connectivity index (χ3v) is 4.33. The molecule has 2 aliphatic rings. The Morgan fingerprint density at radius 1 is 1.19 bits per heavy atom. The van der Waals surface area contributed by atoms with Crippen LogP contribution < -0.4 is 25.0 Å². The number of fused-ring (bicyclic) bond motifs is 1. The van der Waals surface area contributed by atoms with Crippen molar-refractivity contribution >= 4 is 23.4 Å². The van der Waals surface area contributed by atoms with Crippen molar-refractivity contribution in [3.8, 4) is 11.5 Å². The number of amides is 3. The van der Waals surface area contributed by atoms with Gasteiger partial charge in [-0.15, -0.1) is 0 Å². The number of nitrogens with zero attached hydrogens (tertiary/aromatic N) is 1. The first-order valence-corrected chi connectivity index (χ1v) is 8.83. The molecule has 1 saturated heterocycles. The first-order chi connectivity index (χ1) is 12.6. The summed E-state index contributed by atoms with van der Waals surface area (Å²) in [7, 11) is 0. The number of nitrogens with one attached hydrogen (secondary N) is 2. The molecule has 1 unspecified atom stereocenters. The van der Waals surface area contributed by atoms with Gasteiger partial charge in [0.05, 0.1) is 12.5 Å². The summed E-state index contributed by atoms with van der Waals surface area (Å²) in [6.07, 6.45) is 0.957. The molecule has 0 radical (unpaired) electrons. The summed E-state index contributed by atoms with van der Waals surface area (Å²) in [5.41, 5.74) is 0.676. The molecule has 2 aliphatic heterocycles. The molecule has 3 amide bonds. The van der Waals surface area contributed by atoms with Gasteiger partial charge in [0.2, 0.25) is 17.7 Å². The molecule has 0 spiro atoms. The maximum atomic E-state index is 12.3. The van der Waals surface area contributed by atoms with Gasteiger partial charge < -0.3 is 25.0 Å². The molecule has 0 aromatic heterocycles. The smallest absolute Gasteiger partial charge is 0.239 e. The van der Waals surface area contributed by atoms with E-state index in [1.54, 1.807) is 23.1 Å². The maximum Gasteiger partial charge on any atom is 0.239 e. The third kappa shape index (κ3) is 4.07. The van der Waals surface area contributed by atoms with Crippen LogP contribution in [0.15, 0.2) is 18.2 Å². The highest BCUT2D eigenvalue weighted by molar-refractivity contribution is 6.01. The molecule has 140 valence electrons. The van der Waals surface area contributed by atoms with E-state index in [0.29, 0.717) is 36.9 Å². The number of hydrogen-bond donors (Lipinski definition) is 2. The SMILES string of the molecule is CCCNC(=O)CNC(=O)C1CC(=O)N(c2ccc3c(c2)OCCO3)C1. The topological polar surface area (TPSA) is 97.0 Å². The molecule has 1 fully saturated rings. The van der Waals surface area contributed by atoms with Crippen LogP contribution in [-0.2, 0) is 14.4 Å². The zero-order valence-electron chi connectivity index (χ0n) is 14.7. The molecule has 2 N–H and O–H groups in total. The second-order valence-corrected chi connectivity index (χ2v) is 6.30. The van der Waals surface area contributed by atoms with Gasteiger partial charge in [0.25, 0.3) is 0 Å². The molecular weight excluding hydrogens is 338 g/mol. The molecule has 1 aromatic rings. The summed E-state index contributed by atoms with van der Waals surface area (Å²) in [5, 5.41) is 5.30. The predicted octanol–water partition coefficient (Wildman–Crippen LogP) is 0.453. The highest BCUT2D eigenvalue weighted by Crippen LogP contribution is 2.35. The van der Waals surface area contributed by atoms with Crippen molar-refractivity contribution in [1.82, 2.24) is 10.6 Å². The molecule has 0 aliphatic carbocycles. The van der Waals surface area contributed by atoms with Gasteiger partial charge in [0, 0.05) is 31.3 Å². The standard InChI is InChI=1S/C18H23N3O5/c1-2-5-19-16(22)10-20-18(24)12-8-17(23)21(11-12)13-3-4-14-15(9-13)26-7-6-25-14/h3-4,9,12H,2,5-8,10-11H2,1H3,(H,19,22)(H,20,24). The van der Waals surface area contributed by atoms with Gasteiger partial charge in [-0.2, -0.15) is 0 Å². The monoisotopic (exact) mass is 361 g/mol. The van der Waals surface area contributed by atoms with E-state index in [0.717, 1.165) is 6.42 Å². The van der Waals surface area contributed by atoms with Crippen molar-refractivity contribution in [3.63, 3.8) is 0 Å². The quantitative estimate of drug-likeness (QED) is 0.767. The lowest BCUT2D eigenvalue weighted by Crippen LogP contribution is -2.40. The first kappa shape index (κ1) is 18.0. The summed E-state index contributed by atoms with van der Waals surface area (Å²) in [4.78, 5) is 37.7. The van der Waals surface area contributed by atoms with Crippen molar-refractivity contribution in [3.05, 3.63) is 18.2 Å². The summed E-state index contributed by atoms with van der Waals surface area (Å²) < 4.78 is 11.0. The molecule has 1 aromatic carbocycles. The lowest BCUT2D eigenvalue weighted by Gasteiger charge is -2.22. The van der Waals surface area contributed by atoms with E-state index < -0.39 is 5.92 Å². The molecule has 0 bridgehead atoms. The van der Waals surface area contributed by atoms with Crippen LogP contribution in [0.1, 0.15) is 19.8 Å². The predicted molar refractivity (Wildman–Crippen MR) is 94.2 cm³/mol. The van der Waals surface area contributed by atoms with Crippen LogP contribution in [0.2, 0.25) is 0 Å². The molecule has 3 rings (SSSR count). The molecule has 8 heteroatoms. The summed E-state index contributed by atoms with van der Waals surface area (Å²) >= 11 is 0. The lowest BCUT2D eigenvalue weighted by atomic mass is 10.1. The van der Waals surface area contributed by atoms with Crippen LogP contribution in [0.3, 0.4) is 0 Å². The number of rotatable bonds is 6. The van der Waals surface area contributed by atoms with Crippen molar-refractivity contribution in [1.29, 1.82) is 0 Å². The number of benzene rings is 1. The van der Waals surface area contributed by atoms with Crippen LogP contribution in [-0.4, -0.2) is 50.6 Å². The minimum atomic E-state index is -0.477. The summed E-state index contributed by atoms with van der Waals surface area (Å²) in [6, 6.07) is 5.30. The third-order valence-electron chi connectivity index (χ3n) is 4.33. The number of carbonyl (C=O) groups excluding carboxylic acids is 3. The van der Waals surface area contributed by atoms with Gasteiger partial charge in [-0.25, -0.2) is 0 Å². The molecule has 26 heavy (non-hydrogen) atoms. The number of anilines is 1. The van der Waals surface area contributed by atoms with Crippen molar-refractivity contribution in [2.45, 2.75) is 19.8 Å². The fourth-order valence-corrected chi connectivity index (χ4v) is 2.97. The average molecular weight is 361 g/mol. The minimum absolute atomic E-state index is 0.0758. The van der Waals surface area contributed by atoms with Gasteiger partial charge in [0.1, 0.15) is 13.2 Å². The highest BCUT2D eigenvalue weighted by Gasteiger charge is 2.35. The van der Waals surface area contributed by atoms with E-state index in [9.17, 15) is 14.4 Å². The van der Waals surface area contributed by atoms with Crippen LogP contribution >= 0.6 is 0 Å². The average Bonchev–Trinajstić information content (AvgIpc) is 3.05. The van der Waals surface area contributed by atoms with Crippen molar-refractivity contribution < 1.29 is 23.9 Å². The van der Waals surface area contributed by atoms with E-state index in [-0.39, 0.29) is 37.2 Å². The second-order valence-electron chi connectivity index (χ2n) is 6.30. The van der Waals surface area contributed by atoms with Crippen LogP contribution in [0, 0.1) is 5.92 Å². The number of carbonyl (C=O) groups is 3. The Hall–Kier alpha value is -2.77. The van der Waals surface area contributed by atoms with Gasteiger partial charge in [0.15, 0.2) is 11.5 Å². The van der Waals surface area contributed by atoms with Crippen molar-refractivity contribution in [2.24, 2.45) is 5.92 Å². The Morgan fingerprint density at radius 2 is 1.96 bits per heavy atom. The zero-order valence-corrected chi connectivity index (χ0v) is 14.7. The molecule has 2 heterocycles. The van der Waals surface area contributed by atoms with Gasteiger partial charge in [-0.1, -0.05) is 6.92 Å². The highest BCUT2D eigenvalue weighted by atomic mass is 16.6. The van der Waals surface area contributed by atoms with Crippen molar-refractivity contribution in [2.75, 3.05) is 37.7 Å². The van der Waals surface area contributed by atoms with E-state index >= 15 is 0 Å². The Morgan fingerprint density at radius 3 is 2.73 bits per heavy atom.